The zero-order chi connectivity index (χ0) is 28.7. The Morgan fingerprint density at radius 1 is 1.07 bits per heavy atom. The highest BCUT2D eigenvalue weighted by atomic mass is 79.9. The van der Waals surface area contributed by atoms with Crippen molar-refractivity contribution in [1.29, 1.82) is 0 Å². The summed E-state index contributed by atoms with van der Waals surface area (Å²) in [6.45, 7) is 4.23. The number of aliphatic imine (C=N–C) groups is 1. The van der Waals surface area contributed by atoms with Crippen LogP contribution in [0.15, 0.2) is 87.0 Å². The highest BCUT2D eigenvalue weighted by Gasteiger charge is 2.45. The third kappa shape index (κ3) is 4.80. The smallest absolute Gasteiger partial charge is 0.270 e. The zero-order valence-electron chi connectivity index (χ0n) is 22.3. The number of fused-ring (bicyclic) bond motifs is 1. The van der Waals surface area contributed by atoms with Gasteiger partial charge in [-0.25, -0.2) is 23.5 Å². The van der Waals surface area contributed by atoms with Crippen molar-refractivity contribution < 1.29 is 14.1 Å². The molecule has 1 atom stereocenters. The largest absolute Gasteiger partial charge is 0.379 e. The van der Waals surface area contributed by atoms with Gasteiger partial charge in [-0.05, 0) is 65.3 Å². The second-order valence-corrected chi connectivity index (χ2v) is 13.4. The van der Waals surface area contributed by atoms with Crippen molar-refractivity contribution >= 4 is 51.6 Å². The van der Waals surface area contributed by atoms with Crippen molar-refractivity contribution in [3.63, 3.8) is 0 Å². The van der Waals surface area contributed by atoms with Crippen LogP contribution >= 0.6 is 23.3 Å². The van der Waals surface area contributed by atoms with Gasteiger partial charge >= 0.3 is 0 Å². The van der Waals surface area contributed by atoms with Crippen LogP contribution < -0.4 is 5.30 Å². The minimum absolute atomic E-state index is 0.0334. The molecule has 0 spiro atoms. The summed E-state index contributed by atoms with van der Waals surface area (Å²) in [5, 5.41) is 17.3. The van der Waals surface area contributed by atoms with Gasteiger partial charge in [-0.3, -0.25) is 10.1 Å². The molecular formula is C28H26BrFN7O3P. The van der Waals surface area contributed by atoms with E-state index in [0.717, 1.165) is 22.2 Å². The third-order valence-electron chi connectivity index (χ3n) is 7.12. The highest BCUT2D eigenvalue weighted by molar-refractivity contribution is 9.10. The van der Waals surface area contributed by atoms with Gasteiger partial charge in [0.2, 0.25) is 0 Å². The monoisotopic (exact) mass is 637 g/mol. The summed E-state index contributed by atoms with van der Waals surface area (Å²) in [6.07, 6.45) is 0. The summed E-state index contributed by atoms with van der Waals surface area (Å²) in [5.41, 5.74) is 2.89. The van der Waals surface area contributed by atoms with E-state index in [2.05, 4.69) is 25.3 Å². The fourth-order valence-electron chi connectivity index (χ4n) is 5.20. The van der Waals surface area contributed by atoms with Gasteiger partial charge in [-0.15, -0.1) is 0 Å². The first-order chi connectivity index (χ1) is 19.8. The number of para-hydroxylation sites is 1. The van der Waals surface area contributed by atoms with Crippen LogP contribution in [-0.2, 0) is 4.74 Å². The molecule has 1 fully saturated rings. The molecule has 0 aliphatic carbocycles. The summed E-state index contributed by atoms with van der Waals surface area (Å²) < 4.78 is 32.0. The van der Waals surface area contributed by atoms with E-state index >= 15 is 0 Å². The van der Waals surface area contributed by atoms with Crippen LogP contribution in [0.2, 0.25) is 0 Å². The van der Waals surface area contributed by atoms with E-state index in [-0.39, 0.29) is 11.5 Å². The first-order valence-corrected chi connectivity index (χ1v) is 15.4. The third-order valence-corrected chi connectivity index (χ3v) is 11.6. The van der Waals surface area contributed by atoms with Gasteiger partial charge in [0, 0.05) is 37.8 Å². The predicted octanol–water partition coefficient (Wildman–Crippen LogP) is 6.33. The molecule has 1 aromatic heterocycles. The fourth-order valence-corrected chi connectivity index (χ4v) is 9.63. The molecule has 13 heteroatoms. The number of halogens is 2. The number of ether oxygens (including phenoxy) is 1. The van der Waals surface area contributed by atoms with E-state index < -0.39 is 12.3 Å². The molecule has 4 aromatic rings. The molecule has 0 N–H and O–H groups in total. The zero-order valence-corrected chi connectivity index (χ0v) is 24.8. The molecule has 0 saturated carbocycles. The highest BCUT2D eigenvalue weighted by Crippen LogP contribution is 2.62. The molecule has 0 bridgehead atoms. The molecule has 41 heavy (non-hydrogen) atoms. The molecule has 3 aromatic carbocycles. The normalized spacial score (nSPS) is 19.0. The van der Waals surface area contributed by atoms with Crippen molar-refractivity contribution in [3.8, 4) is 5.69 Å². The van der Waals surface area contributed by atoms with Gasteiger partial charge in [-0.2, -0.15) is 5.10 Å². The van der Waals surface area contributed by atoms with Gasteiger partial charge in [0.1, 0.15) is 11.7 Å². The predicted molar refractivity (Wildman–Crippen MR) is 160 cm³/mol. The van der Waals surface area contributed by atoms with E-state index in [1.165, 1.54) is 24.3 Å². The maximum atomic E-state index is 14.0. The topological polar surface area (TPSA) is 101 Å². The lowest BCUT2D eigenvalue weighted by Crippen LogP contribution is -2.45. The number of nitrogens with zero attached hydrogens (tertiary/aromatic N) is 7. The number of nitro groups is 1. The SMILES string of the molecule is Cc1nn(-c2ccccc2)c2c1[P@](=Nc1ccc([N+](=O)[O-])cc1Br)(N1CCOCC1)N(C)C(c1ccc(F)cc1)=N2. The number of morpholine rings is 1. The number of benzene rings is 3. The van der Waals surface area contributed by atoms with E-state index in [1.54, 1.807) is 18.2 Å². The lowest BCUT2D eigenvalue weighted by Gasteiger charge is -2.46. The molecule has 210 valence electrons. The molecule has 0 unspecified atom stereocenters. The number of non-ortho nitro benzene ring substituents is 1. The second-order valence-electron chi connectivity index (χ2n) is 9.60. The lowest BCUT2D eigenvalue weighted by atomic mass is 10.2. The summed E-state index contributed by atoms with van der Waals surface area (Å²) in [7, 11) is -0.946. The average molecular weight is 638 g/mol. The Kier molecular flexibility index (Phi) is 7.33. The molecular weight excluding hydrogens is 612 g/mol. The van der Waals surface area contributed by atoms with Crippen LogP contribution in [0.5, 0.6) is 0 Å². The van der Waals surface area contributed by atoms with E-state index in [4.69, 9.17) is 19.6 Å². The molecule has 3 heterocycles. The van der Waals surface area contributed by atoms with Crippen molar-refractivity contribution in [2.75, 3.05) is 33.4 Å². The molecule has 2 aliphatic rings. The number of aromatic nitrogens is 2. The van der Waals surface area contributed by atoms with Crippen LogP contribution in [0.25, 0.3) is 5.69 Å². The summed E-state index contributed by atoms with van der Waals surface area (Å²) >= 11 is 3.54. The summed E-state index contributed by atoms with van der Waals surface area (Å²) in [4.78, 5) is 16.2. The minimum Gasteiger partial charge on any atom is -0.379 e. The number of hydrogen-bond donors (Lipinski definition) is 0. The van der Waals surface area contributed by atoms with E-state index in [1.807, 2.05) is 49.0 Å². The van der Waals surface area contributed by atoms with Crippen molar-refractivity contribution in [1.82, 2.24) is 19.1 Å². The van der Waals surface area contributed by atoms with Gasteiger partial charge in [0.25, 0.3) is 5.69 Å². The minimum atomic E-state index is -2.90. The van der Waals surface area contributed by atoms with Crippen LogP contribution in [0.3, 0.4) is 0 Å². The molecule has 0 radical (unpaired) electrons. The molecule has 10 nitrogen and oxygen atoms in total. The number of aryl methyl sites for hydroxylation is 1. The summed E-state index contributed by atoms with van der Waals surface area (Å²) in [6, 6.07) is 20.6. The number of rotatable bonds is 5. The Morgan fingerprint density at radius 2 is 1.78 bits per heavy atom. The average Bonchev–Trinajstić information content (AvgIpc) is 3.33. The molecule has 6 rings (SSSR count). The number of hydrogen-bond acceptors (Lipinski definition) is 6. The first-order valence-electron chi connectivity index (χ1n) is 12.9. The molecule has 1 saturated heterocycles. The maximum Gasteiger partial charge on any atom is 0.270 e. The Bertz CT molecular complexity index is 1720. The standard InChI is InChI=1S/C28H26BrFN7O3P/c1-19-26-28(36(32-19)22-6-4-3-5-7-22)31-27(20-8-10-21(30)11-9-20)34(2)41(26,35-14-16-40-17-15-35)33-25-13-12-23(37(38)39)18-24(25)29/h3-13,18H,14-17H2,1-2H3/t41-/m1/s1. The first kappa shape index (κ1) is 27.5. The fraction of sp³-hybridized carbons (Fsp3) is 0.214. The lowest BCUT2D eigenvalue weighted by molar-refractivity contribution is -0.384. The summed E-state index contributed by atoms with van der Waals surface area (Å²) in [5.74, 6) is 0.927. The van der Waals surface area contributed by atoms with Crippen molar-refractivity contribution in [2.24, 2.45) is 9.74 Å². The van der Waals surface area contributed by atoms with Gasteiger partial charge < -0.3 is 9.41 Å². The van der Waals surface area contributed by atoms with Gasteiger partial charge in [0.05, 0.1) is 45.0 Å². The van der Waals surface area contributed by atoms with Gasteiger partial charge in [-0.1, -0.05) is 18.2 Å². The van der Waals surface area contributed by atoms with Crippen LogP contribution in [0, 0.1) is 22.9 Å². The Hall–Kier alpha value is -3.70. The van der Waals surface area contributed by atoms with Crippen LogP contribution in [0.4, 0.5) is 21.6 Å². The number of nitro benzene ring substituents is 1. The van der Waals surface area contributed by atoms with Crippen molar-refractivity contribution in [2.45, 2.75) is 6.92 Å². The van der Waals surface area contributed by atoms with Gasteiger partial charge in [0.15, 0.2) is 13.2 Å². The van der Waals surface area contributed by atoms with E-state index in [0.29, 0.717) is 48.1 Å². The van der Waals surface area contributed by atoms with Crippen LogP contribution in [-0.4, -0.2) is 63.2 Å². The van der Waals surface area contributed by atoms with Crippen LogP contribution in [0.1, 0.15) is 11.3 Å². The Morgan fingerprint density at radius 3 is 2.44 bits per heavy atom. The molecule has 2 aliphatic heterocycles. The second kappa shape index (κ2) is 10.9. The molecule has 0 amide bonds. The Balaban J connectivity index is 1.70. The Labute approximate surface area is 244 Å². The van der Waals surface area contributed by atoms with Crippen molar-refractivity contribution in [3.05, 3.63) is 104 Å². The quantitative estimate of drug-likeness (QED) is 0.144. The van der Waals surface area contributed by atoms with E-state index in [9.17, 15) is 14.5 Å². The maximum absolute atomic E-state index is 14.0. The number of amidine groups is 1.